The lowest BCUT2D eigenvalue weighted by atomic mass is 9.89. The number of nitrogens with zero attached hydrogens (tertiary/aromatic N) is 1. The van der Waals surface area contributed by atoms with E-state index in [1.165, 1.54) is 7.11 Å². The van der Waals surface area contributed by atoms with Gasteiger partial charge in [-0.25, -0.2) is 0 Å². The van der Waals surface area contributed by atoms with Crippen molar-refractivity contribution in [1.82, 2.24) is 0 Å². The van der Waals surface area contributed by atoms with Gasteiger partial charge >= 0.3 is 5.97 Å². The topological polar surface area (TPSA) is 69.4 Å². The van der Waals surface area contributed by atoms with Crippen LogP contribution in [0.4, 0.5) is 0 Å². The molecule has 1 fully saturated rings. The van der Waals surface area contributed by atoms with Crippen LogP contribution in [0, 0.1) is 27.9 Å². The van der Waals surface area contributed by atoms with Gasteiger partial charge < -0.3 is 4.74 Å². The number of nitro groups is 1. The maximum atomic E-state index is 11.4. The van der Waals surface area contributed by atoms with Gasteiger partial charge in [0, 0.05) is 10.8 Å². The van der Waals surface area contributed by atoms with Gasteiger partial charge in [-0.05, 0) is 12.3 Å². The Balaban J connectivity index is 2.26. The first-order valence-electron chi connectivity index (χ1n) is 4.55. The van der Waals surface area contributed by atoms with Gasteiger partial charge in [-0.3, -0.25) is 14.9 Å². The van der Waals surface area contributed by atoms with E-state index in [1.807, 2.05) is 12.2 Å². The molecule has 2 bridgehead atoms. The maximum Gasteiger partial charge on any atom is 0.316 e. The van der Waals surface area contributed by atoms with Crippen LogP contribution in [-0.4, -0.2) is 24.0 Å². The summed E-state index contributed by atoms with van der Waals surface area (Å²) in [6.45, 7) is 0. The summed E-state index contributed by atoms with van der Waals surface area (Å²) in [6.07, 6.45) is 4.45. The molecule has 0 saturated heterocycles. The Morgan fingerprint density at radius 3 is 2.71 bits per heavy atom. The lowest BCUT2D eigenvalue weighted by Gasteiger charge is -2.18. The average molecular weight is 197 g/mol. The molecule has 0 amide bonds. The van der Waals surface area contributed by atoms with Gasteiger partial charge in [-0.2, -0.15) is 0 Å². The van der Waals surface area contributed by atoms with Crippen molar-refractivity contribution in [2.45, 2.75) is 12.5 Å². The lowest BCUT2D eigenvalue weighted by Crippen LogP contribution is -2.38. The summed E-state index contributed by atoms with van der Waals surface area (Å²) in [7, 11) is 1.27. The second-order valence-corrected chi connectivity index (χ2v) is 3.77. The molecular formula is C9H11NO4. The summed E-state index contributed by atoms with van der Waals surface area (Å²) in [4.78, 5) is 21.8. The first-order valence-corrected chi connectivity index (χ1v) is 4.55. The third-order valence-electron chi connectivity index (χ3n) is 3.13. The number of esters is 1. The Kier molecular flexibility index (Phi) is 2.02. The van der Waals surface area contributed by atoms with E-state index in [2.05, 4.69) is 4.74 Å². The first-order chi connectivity index (χ1) is 6.65. The molecule has 5 nitrogen and oxygen atoms in total. The van der Waals surface area contributed by atoms with Crippen molar-refractivity contribution in [2.24, 2.45) is 17.8 Å². The number of ether oxygens (including phenoxy) is 1. The monoisotopic (exact) mass is 197 g/mol. The molecule has 1 saturated carbocycles. The van der Waals surface area contributed by atoms with E-state index >= 15 is 0 Å². The van der Waals surface area contributed by atoms with E-state index in [9.17, 15) is 14.9 Å². The average Bonchev–Trinajstić information content (AvgIpc) is 2.74. The highest BCUT2D eigenvalue weighted by Gasteiger charge is 2.55. The summed E-state index contributed by atoms with van der Waals surface area (Å²) in [5.41, 5.74) is 0. The van der Waals surface area contributed by atoms with E-state index in [4.69, 9.17) is 0 Å². The number of carbonyl (C=O) groups excluding carboxylic acids is 1. The maximum absolute atomic E-state index is 11.4. The third kappa shape index (κ3) is 1.12. The van der Waals surface area contributed by atoms with E-state index in [1.54, 1.807) is 0 Å². The standard InChI is InChI=1S/C9H11NO4/c1-14-9(11)7-5-2-3-6(4-5)8(7)10(12)13/h2-3,5-8H,4H2,1H3/t5?,6?,7-,8-/m0/s1. The molecule has 2 aliphatic carbocycles. The Hall–Kier alpha value is -1.39. The van der Waals surface area contributed by atoms with Gasteiger partial charge in [0.05, 0.1) is 7.11 Å². The zero-order valence-electron chi connectivity index (χ0n) is 7.75. The Morgan fingerprint density at radius 2 is 2.14 bits per heavy atom. The van der Waals surface area contributed by atoms with Gasteiger partial charge in [-0.15, -0.1) is 0 Å². The number of hydrogen-bond donors (Lipinski definition) is 0. The number of rotatable bonds is 2. The molecule has 2 aliphatic rings. The van der Waals surface area contributed by atoms with Gasteiger partial charge in [0.25, 0.3) is 0 Å². The minimum absolute atomic E-state index is 0.00264. The predicted molar refractivity (Wildman–Crippen MR) is 47.0 cm³/mol. The first kappa shape index (κ1) is 9.18. The summed E-state index contributed by atoms with van der Waals surface area (Å²) in [5, 5.41) is 10.8. The van der Waals surface area contributed by atoms with Crippen molar-refractivity contribution >= 4 is 5.97 Å². The van der Waals surface area contributed by atoms with Crippen LogP contribution in [-0.2, 0) is 9.53 Å². The largest absolute Gasteiger partial charge is 0.469 e. The summed E-state index contributed by atoms with van der Waals surface area (Å²) in [6, 6.07) is -0.780. The van der Waals surface area contributed by atoms with Crippen molar-refractivity contribution in [3.8, 4) is 0 Å². The van der Waals surface area contributed by atoms with E-state index in [0.29, 0.717) is 6.42 Å². The normalized spacial score (nSPS) is 38.6. The minimum atomic E-state index is -0.780. The SMILES string of the molecule is COC(=O)[C@H]1C2C=CC(C2)[C@@H]1[N+](=O)[O-]. The van der Waals surface area contributed by atoms with E-state index in [0.717, 1.165) is 0 Å². The fourth-order valence-electron chi connectivity index (χ4n) is 2.53. The number of fused-ring (bicyclic) bond motifs is 2. The van der Waals surface area contributed by atoms with Crippen LogP contribution < -0.4 is 0 Å². The quantitative estimate of drug-likeness (QED) is 0.282. The molecule has 0 aromatic heterocycles. The summed E-state index contributed by atoms with van der Waals surface area (Å²) < 4.78 is 4.59. The van der Waals surface area contributed by atoms with Crippen molar-refractivity contribution < 1.29 is 14.5 Å². The van der Waals surface area contributed by atoms with E-state index in [-0.39, 0.29) is 16.8 Å². The van der Waals surface area contributed by atoms with Gasteiger partial charge in [-0.1, -0.05) is 12.2 Å². The van der Waals surface area contributed by atoms with E-state index < -0.39 is 17.9 Å². The van der Waals surface area contributed by atoms with Crippen LogP contribution in [0.3, 0.4) is 0 Å². The number of hydrogen-bond acceptors (Lipinski definition) is 4. The molecule has 0 aliphatic heterocycles. The van der Waals surface area contributed by atoms with Crippen molar-refractivity contribution in [2.75, 3.05) is 7.11 Å². The second-order valence-electron chi connectivity index (χ2n) is 3.77. The molecule has 14 heavy (non-hydrogen) atoms. The van der Waals surface area contributed by atoms with Gasteiger partial charge in [0.2, 0.25) is 6.04 Å². The highest BCUT2D eigenvalue weighted by molar-refractivity contribution is 5.74. The highest BCUT2D eigenvalue weighted by atomic mass is 16.6. The van der Waals surface area contributed by atoms with Crippen molar-refractivity contribution in [1.29, 1.82) is 0 Å². The summed E-state index contributed by atoms with van der Waals surface area (Å²) in [5.74, 6) is -1.12. The van der Waals surface area contributed by atoms with Crippen molar-refractivity contribution in [3.05, 3.63) is 22.3 Å². The van der Waals surface area contributed by atoms with Crippen LogP contribution in [0.1, 0.15) is 6.42 Å². The third-order valence-corrected chi connectivity index (χ3v) is 3.13. The molecule has 4 atom stereocenters. The fourth-order valence-corrected chi connectivity index (χ4v) is 2.53. The Bertz CT molecular complexity index is 312. The molecule has 0 radical (unpaired) electrons. The molecule has 5 heteroatoms. The Labute approximate surface area is 80.9 Å². The molecular weight excluding hydrogens is 186 g/mol. The van der Waals surface area contributed by atoms with Crippen molar-refractivity contribution in [3.63, 3.8) is 0 Å². The second kappa shape index (κ2) is 3.08. The molecule has 76 valence electrons. The van der Waals surface area contributed by atoms with Crippen LogP contribution in [0.25, 0.3) is 0 Å². The highest BCUT2D eigenvalue weighted by Crippen LogP contribution is 2.45. The van der Waals surface area contributed by atoms with Crippen LogP contribution in [0.5, 0.6) is 0 Å². The fraction of sp³-hybridized carbons (Fsp3) is 0.667. The number of methoxy groups -OCH3 is 1. The van der Waals surface area contributed by atoms with Gasteiger partial charge in [0.15, 0.2) is 0 Å². The molecule has 0 aromatic carbocycles. The smallest absolute Gasteiger partial charge is 0.316 e. The number of carbonyl (C=O) groups is 1. The molecule has 0 heterocycles. The predicted octanol–water partition coefficient (Wildman–Crippen LogP) is 0.627. The molecule has 0 N–H and O–H groups in total. The lowest BCUT2D eigenvalue weighted by molar-refractivity contribution is -0.533. The Morgan fingerprint density at radius 1 is 1.50 bits per heavy atom. The minimum Gasteiger partial charge on any atom is -0.469 e. The molecule has 2 unspecified atom stereocenters. The van der Waals surface area contributed by atoms with Crippen LogP contribution in [0.15, 0.2) is 12.2 Å². The zero-order chi connectivity index (χ0) is 10.3. The van der Waals surface area contributed by atoms with Gasteiger partial charge in [0.1, 0.15) is 5.92 Å². The van der Waals surface area contributed by atoms with Crippen LogP contribution >= 0.6 is 0 Å². The molecule has 2 rings (SSSR count). The zero-order valence-corrected chi connectivity index (χ0v) is 7.75. The molecule has 0 spiro atoms. The molecule has 0 aromatic rings. The number of allylic oxidation sites excluding steroid dienone is 1. The summed E-state index contributed by atoms with van der Waals surface area (Å²) >= 11 is 0. The van der Waals surface area contributed by atoms with Crippen LogP contribution in [0.2, 0.25) is 0 Å².